The Morgan fingerprint density at radius 1 is 1.58 bits per heavy atom. The molecule has 0 unspecified atom stereocenters. The van der Waals surface area contributed by atoms with Gasteiger partial charge in [-0.2, -0.15) is 0 Å². The fourth-order valence-corrected chi connectivity index (χ4v) is 1.62. The van der Waals surface area contributed by atoms with Gasteiger partial charge in [0.2, 0.25) is 0 Å². The predicted molar refractivity (Wildman–Crippen MR) is 50.5 cm³/mol. The van der Waals surface area contributed by atoms with E-state index in [2.05, 4.69) is 15.9 Å². The fourth-order valence-electron chi connectivity index (χ4n) is 1.01. The van der Waals surface area contributed by atoms with Crippen molar-refractivity contribution >= 4 is 21.6 Å². The van der Waals surface area contributed by atoms with E-state index in [1.807, 2.05) is 6.07 Å². The number of halogens is 1. The highest BCUT2D eigenvalue weighted by atomic mass is 79.9. The Morgan fingerprint density at radius 2 is 2.25 bits per heavy atom. The second kappa shape index (κ2) is 3.67. The van der Waals surface area contributed by atoms with Crippen LogP contribution in [0.5, 0.6) is 0 Å². The molecule has 0 aliphatic carbocycles. The largest absolute Gasteiger partial charge is 0.272 e. The Labute approximate surface area is 78.7 Å². The zero-order valence-electron chi connectivity index (χ0n) is 6.58. The first-order valence-corrected chi connectivity index (χ1v) is 4.58. The predicted octanol–water partition coefficient (Wildman–Crippen LogP) is 2.80. The highest BCUT2D eigenvalue weighted by Crippen LogP contribution is 2.22. The molecule has 0 aliphatic heterocycles. The Kier molecular flexibility index (Phi) is 2.81. The minimum Gasteiger partial charge on any atom is -0.258 e. The van der Waals surface area contributed by atoms with Crippen LogP contribution in [0.25, 0.3) is 0 Å². The number of nitro groups is 1. The average molecular weight is 230 g/mol. The summed E-state index contributed by atoms with van der Waals surface area (Å²) in [5.74, 6) is 0. The summed E-state index contributed by atoms with van der Waals surface area (Å²) < 4.78 is 0. The summed E-state index contributed by atoms with van der Waals surface area (Å²) in [4.78, 5) is 10.1. The summed E-state index contributed by atoms with van der Waals surface area (Å²) in [6, 6.07) is 5.08. The van der Waals surface area contributed by atoms with Crippen LogP contribution in [0.2, 0.25) is 0 Å². The molecule has 64 valence electrons. The van der Waals surface area contributed by atoms with E-state index in [1.165, 1.54) is 6.07 Å². The van der Waals surface area contributed by atoms with Crippen LogP contribution in [0.3, 0.4) is 0 Å². The highest BCUT2D eigenvalue weighted by molar-refractivity contribution is 9.08. The lowest BCUT2D eigenvalue weighted by Gasteiger charge is -2.01. The number of benzene rings is 1. The van der Waals surface area contributed by atoms with Gasteiger partial charge >= 0.3 is 0 Å². The van der Waals surface area contributed by atoms with E-state index in [0.717, 1.165) is 11.1 Å². The molecule has 0 saturated heterocycles. The van der Waals surface area contributed by atoms with E-state index in [-0.39, 0.29) is 10.6 Å². The number of rotatable bonds is 2. The van der Waals surface area contributed by atoms with Crippen molar-refractivity contribution in [3.05, 3.63) is 39.4 Å². The minimum absolute atomic E-state index is 0.187. The van der Waals surface area contributed by atoms with E-state index in [4.69, 9.17) is 0 Å². The van der Waals surface area contributed by atoms with E-state index in [0.29, 0.717) is 5.33 Å². The Morgan fingerprint density at radius 3 is 2.75 bits per heavy atom. The van der Waals surface area contributed by atoms with Gasteiger partial charge in [-0.1, -0.05) is 28.1 Å². The molecule has 0 atom stereocenters. The lowest BCUT2D eigenvalue weighted by Crippen LogP contribution is -1.94. The minimum atomic E-state index is -0.360. The summed E-state index contributed by atoms with van der Waals surface area (Å²) in [5, 5.41) is 11.1. The van der Waals surface area contributed by atoms with Gasteiger partial charge < -0.3 is 0 Å². The standard InChI is InChI=1S/C8H8BrNO2/c1-6-7(5-9)3-2-4-8(6)10(11)12/h2-4H,5H2,1H3. The normalized spacial score (nSPS) is 9.83. The molecule has 0 saturated carbocycles. The quantitative estimate of drug-likeness (QED) is 0.445. The van der Waals surface area contributed by atoms with Crippen LogP contribution < -0.4 is 0 Å². The molecule has 0 aliphatic rings. The Balaban J connectivity index is 3.23. The van der Waals surface area contributed by atoms with E-state index >= 15 is 0 Å². The van der Waals surface area contributed by atoms with Gasteiger partial charge in [-0.15, -0.1) is 0 Å². The number of alkyl halides is 1. The van der Waals surface area contributed by atoms with Gasteiger partial charge in [0, 0.05) is 17.0 Å². The van der Waals surface area contributed by atoms with Crippen molar-refractivity contribution in [3.8, 4) is 0 Å². The van der Waals surface area contributed by atoms with Gasteiger partial charge in [0.05, 0.1) is 4.92 Å². The van der Waals surface area contributed by atoms with Crippen LogP contribution in [-0.4, -0.2) is 4.92 Å². The summed E-state index contributed by atoms with van der Waals surface area (Å²) in [6.45, 7) is 1.76. The van der Waals surface area contributed by atoms with Crippen LogP contribution in [-0.2, 0) is 5.33 Å². The SMILES string of the molecule is Cc1c(CBr)cccc1[N+](=O)[O-]. The van der Waals surface area contributed by atoms with E-state index < -0.39 is 0 Å². The molecule has 1 aromatic carbocycles. The van der Waals surface area contributed by atoms with Crippen LogP contribution in [0.1, 0.15) is 11.1 Å². The molecule has 1 aromatic rings. The van der Waals surface area contributed by atoms with Crippen LogP contribution in [0.15, 0.2) is 18.2 Å². The first-order valence-electron chi connectivity index (χ1n) is 3.45. The number of nitrogens with zero attached hydrogens (tertiary/aromatic N) is 1. The summed E-state index contributed by atoms with van der Waals surface area (Å²) >= 11 is 3.27. The zero-order chi connectivity index (χ0) is 9.14. The molecular weight excluding hydrogens is 222 g/mol. The van der Waals surface area contributed by atoms with Crippen LogP contribution >= 0.6 is 15.9 Å². The molecule has 4 heteroatoms. The van der Waals surface area contributed by atoms with Crippen molar-refractivity contribution < 1.29 is 4.92 Å². The molecule has 0 spiro atoms. The molecule has 0 N–H and O–H groups in total. The summed E-state index contributed by atoms with van der Waals surface area (Å²) in [5.41, 5.74) is 1.88. The third-order valence-corrected chi connectivity index (χ3v) is 2.36. The average Bonchev–Trinajstić information content (AvgIpc) is 2.04. The monoisotopic (exact) mass is 229 g/mol. The fraction of sp³-hybridized carbons (Fsp3) is 0.250. The van der Waals surface area contributed by atoms with Gasteiger partial charge in [-0.3, -0.25) is 10.1 Å². The zero-order valence-corrected chi connectivity index (χ0v) is 8.17. The first kappa shape index (κ1) is 9.19. The van der Waals surface area contributed by atoms with Gasteiger partial charge in [0.15, 0.2) is 0 Å². The topological polar surface area (TPSA) is 43.1 Å². The van der Waals surface area contributed by atoms with E-state index in [9.17, 15) is 10.1 Å². The molecule has 0 bridgehead atoms. The Hall–Kier alpha value is -0.900. The van der Waals surface area contributed by atoms with Gasteiger partial charge in [-0.25, -0.2) is 0 Å². The lowest BCUT2D eigenvalue weighted by atomic mass is 10.1. The van der Waals surface area contributed by atoms with Crippen LogP contribution in [0, 0.1) is 17.0 Å². The molecule has 3 nitrogen and oxygen atoms in total. The first-order chi connectivity index (χ1) is 5.66. The lowest BCUT2D eigenvalue weighted by molar-refractivity contribution is -0.385. The van der Waals surface area contributed by atoms with Crippen molar-refractivity contribution in [1.29, 1.82) is 0 Å². The molecule has 12 heavy (non-hydrogen) atoms. The second-order valence-corrected chi connectivity index (χ2v) is 3.01. The molecule has 0 heterocycles. The third kappa shape index (κ3) is 1.64. The number of hydrogen-bond acceptors (Lipinski definition) is 2. The van der Waals surface area contributed by atoms with Crippen molar-refractivity contribution in [1.82, 2.24) is 0 Å². The second-order valence-electron chi connectivity index (χ2n) is 2.45. The maximum atomic E-state index is 10.5. The Bertz CT molecular complexity index is 312. The van der Waals surface area contributed by atoms with Gasteiger partial charge in [-0.05, 0) is 12.5 Å². The number of hydrogen-bond donors (Lipinski definition) is 0. The van der Waals surface area contributed by atoms with Crippen molar-refractivity contribution in [3.63, 3.8) is 0 Å². The smallest absolute Gasteiger partial charge is 0.258 e. The van der Waals surface area contributed by atoms with Crippen molar-refractivity contribution in [2.75, 3.05) is 0 Å². The summed E-state index contributed by atoms with van der Waals surface area (Å²) in [6.07, 6.45) is 0. The third-order valence-electron chi connectivity index (χ3n) is 1.76. The maximum absolute atomic E-state index is 10.5. The summed E-state index contributed by atoms with van der Waals surface area (Å²) in [7, 11) is 0. The van der Waals surface area contributed by atoms with Gasteiger partial charge in [0.25, 0.3) is 5.69 Å². The van der Waals surface area contributed by atoms with E-state index in [1.54, 1.807) is 13.0 Å². The molecule has 0 amide bonds. The number of nitro benzene ring substituents is 1. The molecular formula is C8H8BrNO2. The molecule has 0 aromatic heterocycles. The molecule has 0 radical (unpaired) electrons. The van der Waals surface area contributed by atoms with Crippen LogP contribution in [0.4, 0.5) is 5.69 Å². The molecule has 1 rings (SSSR count). The van der Waals surface area contributed by atoms with Crippen molar-refractivity contribution in [2.24, 2.45) is 0 Å². The maximum Gasteiger partial charge on any atom is 0.272 e. The van der Waals surface area contributed by atoms with Crippen molar-refractivity contribution in [2.45, 2.75) is 12.3 Å². The van der Waals surface area contributed by atoms with Gasteiger partial charge in [0.1, 0.15) is 0 Å². The molecule has 0 fully saturated rings. The highest BCUT2D eigenvalue weighted by Gasteiger charge is 2.11.